The van der Waals surface area contributed by atoms with Gasteiger partial charge in [-0.3, -0.25) is 4.57 Å². The van der Waals surface area contributed by atoms with Crippen molar-refractivity contribution in [2.45, 2.75) is 6.54 Å². The summed E-state index contributed by atoms with van der Waals surface area (Å²) in [5.41, 5.74) is 6.74. The normalized spacial score (nSPS) is 11.6. The zero-order valence-corrected chi connectivity index (χ0v) is 17.8. The number of hydrogen-bond donors (Lipinski definition) is 0. The van der Waals surface area contributed by atoms with Crippen LogP contribution in [0.5, 0.6) is 0 Å². The SMILES string of the molecule is CN(C)Cc1ccc(-c2ccc3oc4c(-c5ccccc5)nc(=O)n(C)c4c3c2)cc1. The summed E-state index contributed by atoms with van der Waals surface area (Å²) in [5.74, 6) is 0. The van der Waals surface area contributed by atoms with Crippen LogP contribution in [-0.4, -0.2) is 28.5 Å². The molecule has 154 valence electrons. The molecule has 2 heterocycles. The molecule has 3 aromatic carbocycles. The topological polar surface area (TPSA) is 51.3 Å². The average Bonchev–Trinajstić information content (AvgIpc) is 3.16. The minimum absolute atomic E-state index is 0.299. The molecule has 0 bridgehead atoms. The van der Waals surface area contributed by atoms with Gasteiger partial charge in [-0.15, -0.1) is 0 Å². The first kappa shape index (κ1) is 19.3. The molecule has 5 aromatic rings. The second-order valence-electron chi connectivity index (χ2n) is 8.09. The third-order valence-corrected chi connectivity index (χ3v) is 5.54. The molecule has 0 radical (unpaired) electrons. The Labute approximate surface area is 180 Å². The lowest BCUT2D eigenvalue weighted by Gasteiger charge is -2.10. The lowest BCUT2D eigenvalue weighted by Crippen LogP contribution is -2.20. The van der Waals surface area contributed by atoms with E-state index in [0.29, 0.717) is 11.3 Å². The van der Waals surface area contributed by atoms with Crippen molar-refractivity contribution in [3.63, 3.8) is 0 Å². The second kappa shape index (κ2) is 7.52. The molecule has 0 aliphatic heterocycles. The van der Waals surface area contributed by atoms with E-state index < -0.39 is 0 Å². The van der Waals surface area contributed by atoms with E-state index in [1.165, 1.54) is 5.56 Å². The van der Waals surface area contributed by atoms with Crippen molar-refractivity contribution in [2.75, 3.05) is 14.1 Å². The number of rotatable bonds is 4. The molecule has 0 spiro atoms. The Hall–Kier alpha value is -3.70. The summed E-state index contributed by atoms with van der Waals surface area (Å²) in [6.07, 6.45) is 0. The first-order valence-electron chi connectivity index (χ1n) is 10.2. The number of hydrogen-bond acceptors (Lipinski definition) is 4. The van der Waals surface area contributed by atoms with Crippen LogP contribution >= 0.6 is 0 Å². The molecule has 5 rings (SSSR count). The van der Waals surface area contributed by atoms with Gasteiger partial charge < -0.3 is 9.32 Å². The first-order chi connectivity index (χ1) is 15.0. The zero-order chi connectivity index (χ0) is 21.5. The fraction of sp³-hybridized carbons (Fsp3) is 0.154. The summed E-state index contributed by atoms with van der Waals surface area (Å²) in [6, 6.07) is 24.4. The highest BCUT2D eigenvalue weighted by Gasteiger charge is 2.18. The van der Waals surface area contributed by atoms with Gasteiger partial charge in [-0.1, -0.05) is 60.7 Å². The predicted octanol–water partition coefficient (Wildman–Crippen LogP) is 5.08. The lowest BCUT2D eigenvalue weighted by atomic mass is 10.0. The van der Waals surface area contributed by atoms with Gasteiger partial charge in [0, 0.05) is 24.5 Å². The highest BCUT2D eigenvalue weighted by Crippen LogP contribution is 2.35. The summed E-state index contributed by atoms with van der Waals surface area (Å²) in [4.78, 5) is 19.1. The molecule has 0 amide bonds. The molecule has 0 aliphatic carbocycles. The van der Waals surface area contributed by atoms with Crippen LogP contribution < -0.4 is 5.69 Å². The number of furan rings is 1. The number of aryl methyl sites for hydroxylation is 1. The molecule has 31 heavy (non-hydrogen) atoms. The molecule has 0 saturated carbocycles. The van der Waals surface area contributed by atoms with Crippen molar-refractivity contribution >= 4 is 22.1 Å². The molecule has 0 fully saturated rings. The monoisotopic (exact) mass is 409 g/mol. The Bertz CT molecular complexity index is 1450. The van der Waals surface area contributed by atoms with Gasteiger partial charge >= 0.3 is 5.69 Å². The van der Waals surface area contributed by atoms with Crippen LogP contribution in [0.25, 0.3) is 44.5 Å². The Kier molecular flexibility index (Phi) is 4.68. The average molecular weight is 409 g/mol. The summed E-state index contributed by atoms with van der Waals surface area (Å²) < 4.78 is 7.77. The standard InChI is InChI=1S/C26H23N3O2/c1-28(2)16-17-9-11-18(12-10-17)20-13-14-22-21(15-20)24-25(31-22)23(27-26(30)29(24)3)19-7-5-4-6-8-19/h4-15H,16H2,1-3H3. The molecule has 0 N–H and O–H groups in total. The number of fused-ring (bicyclic) bond motifs is 3. The molecule has 2 aromatic heterocycles. The van der Waals surface area contributed by atoms with E-state index in [0.717, 1.165) is 39.7 Å². The van der Waals surface area contributed by atoms with Gasteiger partial charge in [-0.25, -0.2) is 4.79 Å². The van der Waals surface area contributed by atoms with E-state index in [1.54, 1.807) is 11.6 Å². The van der Waals surface area contributed by atoms with E-state index in [1.807, 2.05) is 36.4 Å². The van der Waals surface area contributed by atoms with Crippen LogP contribution in [0.1, 0.15) is 5.56 Å². The van der Waals surface area contributed by atoms with Gasteiger partial charge in [0.05, 0.1) is 0 Å². The van der Waals surface area contributed by atoms with E-state index in [9.17, 15) is 4.79 Å². The van der Waals surface area contributed by atoms with Crippen LogP contribution in [-0.2, 0) is 13.6 Å². The van der Waals surface area contributed by atoms with Gasteiger partial charge in [-0.2, -0.15) is 4.98 Å². The predicted molar refractivity (Wildman–Crippen MR) is 125 cm³/mol. The number of aromatic nitrogens is 2. The summed E-state index contributed by atoms with van der Waals surface area (Å²) in [5, 5.41) is 0.907. The van der Waals surface area contributed by atoms with Crippen molar-refractivity contribution in [1.82, 2.24) is 14.5 Å². The Morgan fingerprint density at radius 3 is 2.32 bits per heavy atom. The fourth-order valence-electron chi connectivity index (χ4n) is 4.03. The van der Waals surface area contributed by atoms with Crippen LogP contribution in [0.15, 0.2) is 82.0 Å². The van der Waals surface area contributed by atoms with Crippen molar-refractivity contribution in [1.29, 1.82) is 0 Å². The smallest absolute Gasteiger partial charge is 0.348 e. The number of nitrogens with zero attached hydrogens (tertiary/aromatic N) is 3. The van der Waals surface area contributed by atoms with E-state index >= 15 is 0 Å². The third kappa shape index (κ3) is 3.43. The molecule has 0 unspecified atom stereocenters. The van der Waals surface area contributed by atoms with Crippen LogP contribution in [0, 0.1) is 0 Å². The largest absolute Gasteiger partial charge is 0.452 e. The van der Waals surface area contributed by atoms with Crippen LogP contribution in [0.2, 0.25) is 0 Å². The van der Waals surface area contributed by atoms with Crippen molar-refractivity contribution < 1.29 is 4.42 Å². The molecule has 0 saturated heterocycles. The summed E-state index contributed by atoms with van der Waals surface area (Å²) in [6.45, 7) is 0.906. The molecule has 0 atom stereocenters. The van der Waals surface area contributed by atoms with Gasteiger partial charge in [0.25, 0.3) is 0 Å². The van der Waals surface area contributed by atoms with Crippen LogP contribution in [0.4, 0.5) is 0 Å². The number of benzene rings is 3. The van der Waals surface area contributed by atoms with Gasteiger partial charge in [-0.05, 0) is 42.9 Å². The van der Waals surface area contributed by atoms with Crippen LogP contribution in [0.3, 0.4) is 0 Å². The first-order valence-corrected chi connectivity index (χ1v) is 10.2. The third-order valence-electron chi connectivity index (χ3n) is 5.54. The minimum atomic E-state index is -0.299. The lowest BCUT2D eigenvalue weighted by molar-refractivity contribution is 0.402. The van der Waals surface area contributed by atoms with Gasteiger partial charge in [0.15, 0.2) is 5.58 Å². The maximum Gasteiger partial charge on any atom is 0.348 e. The van der Waals surface area contributed by atoms with E-state index in [-0.39, 0.29) is 5.69 Å². The minimum Gasteiger partial charge on any atom is -0.452 e. The highest BCUT2D eigenvalue weighted by atomic mass is 16.3. The molecule has 5 nitrogen and oxygen atoms in total. The van der Waals surface area contributed by atoms with E-state index in [4.69, 9.17) is 4.42 Å². The zero-order valence-electron chi connectivity index (χ0n) is 17.8. The maximum absolute atomic E-state index is 12.7. The fourth-order valence-corrected chi connectivity index (χ4v) is 4.03. The second-order valence-corrected chi connectivity index (χ2v) is 8.09. The van der Waals surface area contributed by atoms with Crippen molar-refractivity contribution in [2.24, 2.45) is 7.05 Å². The summed E-state index contributed by atoms with van der Waals surface area (Å²) >= 11 is 0. The van der Waals surface area contributed by atoms with Crippen molar-refractivity contribution in [3.05, 3.63) is 88.8 Å². The van der Waals surface area contributed by atoms with Gasteiger partial charge in [0.1, 0.15) is 16.8 Å². The highest BCUT2D eigenvalue weighted by molar-refractivity contribution is 6.07. The molecular formula is C26H23N3O2. The van der Waals surface area contributed by atoms with E-state index in [2.05, 4.69) is 60.4 Å². The molecule has 5 heteroatoms. The quantitative estimate of drug-likeness (QED) is 0.416. The summed E-state index contributed by atoms with van der Waals surface area (Å²) in [7, 11) is 5.87. The Morgan fingerprint density at radius 1 is 0.903 bits per heavy atom. The molecular weight excluding hydrogens is 386 g/mol. The maximum atomic E-state index is 12.7. The Balaban J connectivity index is 1.69. The van der Waals surface area contributed by atoms with Crippen molar-refractivity contribution in [3.8, 4) is 22.4 Å². The Morgan fingerprint density at radius 2 is 1.61 bits per heavy atom. The molecule has 0 aliphatic rings. The van der Waals surface area contributed by atoms with Gasteiger partial charge in [0.2, 0.25) is 0 Å².